The Labute approximate surface area is 160 Å². The minimum absolute atomic E-state index is 0.00825. The van der Waals surface area contributed by atoms with Crippen molar-refractivity contribution in [3.05, 3.63) is 106 Å². The molecule has 0 amide bonds. The second-order valence-electron chi connectivity index (χ2n) is 6.06. The summed E-state index contributed by atoms with van der Waals surface area (Å²) < 4.78 is 5.33. The monoisotopic (exact) mass is 370 g/mol. The van der Waals surface area contributed by atoms with Gasteiger partial charge in [0.25, 0.3) is 5.69 Å². The third-order valence-electron chi connectivity index (χ3n) is 4.30. The highest BCUT2D eigenvalue weighted by Gasteiger charge is 2.24. The predicted molar refractivity (Wildman–Crippen MR) is 107 cm³/mol. The fourth-order valence-electron chi connectivity index (χ4n) is 2.99. The lowest BCUT2D eigenvalue weighted by molar-refractivity contribution is -0.385. The van der Waals surface area contributed by atoms with Crippen LogP contribution in [0.2, 0.25) is 0 Å². The first-order chi connectivity index (χ1) is 13.6. The molecule has 0 bridgehead atoms. The fraction of sp³-hybridized carbons (Fsp3) is 0. The number of para-hydroxylation sites is 1. The molecule has 1 heterocycles. The summed E-state index contributed by atoms with van der Waals surface area (Å²) in [5.74, 6) is -0.317. The number of cyclic esters (lactones) is 1. The van der Waals surface area contributed by atoms with Gasteiger partial charge in [-0.2, -0.15) is 0 Å². The van der Waals surface area contributed by atoms with Gasteiger partial charge in [0.15, 0.2) is 5.70 Å². The molecular formula is C22H14N2O4. The molecule has 0 N–H and O–H groups in total. The van der Waals surface area contributed by atoms with Crippen molar-refractivity contribution in [2.45, 2.75) is 0 Å². The molecule has 3 aromatic carbocycles. The molecule has 6 heteroatoms. The number of nitrogens with zero attached hydrogens (tertiary/aromatic N) is 2. The molecule has 0 spiro atoms. The fourth-order valence-corrected chi connectivity index (χ4v) is 2.99. The van der Waals surface area contributed by atoms with Gasteiger partial charge in [-0.1, -0.05) is 54.6 Å². The van der Waals surface area contributed by atoms with Gasteiger partial charge < -0.3 is 4.74 Å². The first kappa shape index (κ1) is 17.4. The molecule has 0 saturated carbocycles. The average Bonchev–Trinajstić information content (AvgIpc) is 3.08. The van der Waals surface area contributed by atoms with Crippen LogP contribution in [-0.4, -0.2) is 16.8 Å². The number of aliphatic imine (C=N–C) groups is 1. The molecule has 1 aliphatic heterocycles. The summed E-state index contributed by atoms with van der Waals surface area (Å²) in [5.41, 5.74) is 1.30. The van der Waals surface area contributed by atoms with Crippen LogP contribution in [0, 0.1) is 10.1 Å². The standard InChI is InChI=1S/C22H14N2O4/c25-22-19(13-6-10-16-8-2-4-14-20(16)24(26)27)23-21(28-22)18-12-5-9-15-7-1-3-11-17(15)18/h1-14H/b10-6+,19-13-. The van der Waals surface area contributed by atoms with Gasteiger partial charge in [-0.25, -0.2) is 9.79 Å². The molecule has 0 unspecified atom stereocenters. The number of hydrogen-bond donors (Lipinski definition) is 0. The van der Waals surface area contributed by atoms with Crippen LogP contribution in [0.25, 0.3) is 16.8 Å². The van der Waals surface area contributed by atoms with Gasteiger partial charge in [0.2, 0.25) is 5.90 Å². The van der Waals surface area contributed by atoms with Gasteiger partial charge in [0, 0.05) is 11.6 Å². The summed E-state index contributed by atoms with van der Waals surface area (Å²) in [6.45, 7) is 0. The number of carbonyl (C=O) groups excluding carboxylic acids is 1. The van der Waals surface area contributed by atoms with Crippen molar-refractivity contribution in [3.63, 3.8) is 0 Å². The van der Waals surface area contributed by atoms with Crippen molar-refractivity contribution in [2.24, 2.45) is 4.99 Å². The summed E-state index contributed by atoms with van der Waals surface area (Å²) in [6, 6.07) is 19.8. The third kappa shape index (κ3) is 3.31. The van der Waals surface area contributed by atoms with E-state index in [0.717, 1.165) is 16.3 Å². The van der Waals surface area contributed by atoms with E-state index < -0.39 is 10.9 Å². The Morgan fingerprint density at radius 1 is 0.964 bits per heavy atom. The van der Waals surface area contributed by atoms with Crippen molar-refractivity contribution in [3.8, 4) is 0 Å². The van der Waals surface area contributed by atoms with Gasteiger partial charge in [-0.05, 0) is 35.1 Å². The van der Waals surface area contributed by atoms with E-state index in [1.807, 2.05) is 42.5 Å². The van der Waals surface area contributed by atoms with E-state index in [9.17, 15) is 14.9 Å². The number of benzene rings is 3. The van der Waals surface area contributed by atoms with Crippen molar-refractivity contribution in [1.29, 1.82) is 0 Å². The van der Waals surface area contributed by atoms with Gasteiger partial charge in [-0.3, -0.25) is 10.1 Å². The molecule has 3 aromatic rings. The molecule has 0 radical (unpaired) electrons. The van der Waals surface area contributed by atoms with Crippen molar-refractivity contribution >= 4 is 34.4 Å². The Balaban J connectivity index is 1.65. The Kier molecular flexibility index (Phi) is 4.51. The molecule has 0 saturated heterocycles. The minimum Gasteiger partial charge on any atom is -0.402 e. The van der Waals surface area contributed by atoms with E-state index in [1.165, 1.54) is 12.1 Å². The molecule has 28 heavy (non-hydrogen) atoms. The number of ether oxygens (including phenoxy) is 1. The largest absolute Gasteiger partial charge is 0.402 e. The highest BCUT2D eigenvalue weighted by Crippen LogP contribution is 2.24. The normalized spacial score (nSPS) is 15.2. The Bertz CT molecular complexity index is 1190. The molecule has 1 aliphatic rings. The van der Waals surface area contributed by atoms with E-state index >= 15 is 0 Å². The van der Waals surface area contributed by atoms with E-state index in [4.69, 9.17) is 4.74 Å². The summed E-state index contributed by atoms with van der Waals surface area (Å²) in [7, 11) is 0. The topological polar surface area (TPSA) is 81.8 Å². The van der Waals surface area contributed by atoms with Crippen LogP contribution in [0.4, 0.5) is 5.69 Å². The lowest BCUT2D eigenvalue weighted by Gasteiger charge is -2.04. The van der Waals surface area contributed by atoms with E-state index in [0.29, 0.717) is 5.56 Å². The van der Waals surface area contributed by atoms with Crippen LogP contribution >= 0.6 is 0 Å². The number of hydrogen-bond acceptors (Lipinski definition) is 5. The van der Waals surface area contributed by atoms with Crippen LogP contribution < -0.4 is 0 Å². The second kappa shape index (κ2) is 7.28. The first-order valence-electron chi connectivity index (χ1n) is 8.54. The van der Waals surface area contributed by atoms with Gasteiger partial charge >= 0.3 is 5.97 Å². The third-order valence-corrected chi connectivity index (χ3v) is 4.30. The molecule has 0 atom stereocenters. The van der Waals surface area contributed by atoms with Crippen molar-refractivity contribution in [1.82, 2.24) is 0 Å². The second-order valence-corrected chi connectivity index (χ2v) is 6.06. The zero-order valence-electron chi connectivity index (χ0n) is 14.6. The molecule has 0 aliphatic carbocycles. The number of carbonyl (C=O) groups is 1. The summed E-state index contributed by atoms with van der Waals surface area (Å²) >= 11 is 0. The highest BCUT2D eigenvalue weighted by atomic mass is 16.6. The maximum atomic E-state index is 12.2. The van der Waals surface area contributed by atoms with Crippen LogP contribution in [0.3, 0.4) is 0 Å². The highest BCUT2D eigenvalue weighted by molar-refractivity contribution is 6.16. The molecule has 4 rings (SSSR count). The molecule has 0 aromatic heterocycles. The van der Waals surface area contributed by atoms with Gasteiger partial charge in [0.05, 0.1) is 10.5 Å². The molecule has 6 nitrogen and oxygen atoms in total. The first-order valence-corrected chi connectivity index (χ1v) is 8.54. The number of rotatable bonds is 4. The van der Waals surface area contributed by atoms with Crippen LogP contribution in [-0.2, 0) is 9.53 Å². The van der Waals surface area contributed by atoms with Crippen LogP contribution in [0.15, 0.2) is 89.6 Å². The zero-order chi connectivity index (χ0) is 19.5. The Morgan fingerprint density at radius 3 is 2.57 bits per heavy atom. The number of esters is 1. The zero-order valence-corrected chi connectivity index (χ0v) is 14.6. The van der Waals surface area contributed by atoms with Crippen molar-refractivity contribution in [2.75, 3.05) is 0 Å². The van der Waals surface area contributed by atoms with Crippen LogP contribution in [0.5, 0.6) is 0 Å². The van der Waals surface area contributed by atoms with Gasteiger partial charge in [0.1, 0.15) is 0 Å². The quantitative estimate of drug-likeness (QED) is 0.290. The van der Waals surface area contributed by atoms with E-state index in [2.05, 4.69) is 4.99 Å². The van der Waals surface area contributed by atoms with E-state index in [1.54, 1.807) is 30.4 Å². The number of nitro benzene ring substituents is 1. The Morgan fingerprint density at radius 2 is 1.71 bits per heavy atom. The predicted octanol–water partition coefficient (Wildman–Crippen LogP) is 4.65. The van der Waals surface area contributed by atoms with Crippen molar-refractivity contribution < 1.29 is 14.5 Å². The maximum Gasteiger partial charge on any atom is 0.363 e. The van der Waals surface area contributed by atoms with E-state index in [-0.39, 0.29) is 17.3 Å². The smallest absolute Gasteiger partial charge is 0.363 e. The Hall–Kier alpha value is -4.06. The summed E-state index contributed by atoms with van der Waals surface area (Å²) in [5, 5.41) is 13.0. The molecule has 136 valence electrons. The molecule has 0 fully saturated rings. The van der Waals surface area contributed by atoms with Gasteiger partial charge in [-0.15, -0.1) is 0 Å². The minimum atomic E-state index is -0.560. The maximum absolute atomic E-state index is 12.2. The molecular weight excluding hydrogens is 356 g/mol. The number of fused-ring (bicyclic) bond motifs is 1. The number of nitro groups is 1. The summed E-state index contributed by atoms with van der Waals surface area (Å²) in [6.07, 6.45) is 4.59. The lowest BCUT2D eigenvalue weighted by atomic mass is 10.0. The lowest BCUT2D eigenvalue weighted by Crippen LogP contribution is -2.05. The van der Waals surface area contributed by atoms with Crippen LogP contribution in [0.1, 0.15) is 11.1 Å². The number of allylic oxidation sites excluding steroid dienone is 2. The summed E-state index contributed by atoms with van der Waals surface area (Å²) in [4.78, 5) is 27.1. The average molecular weight is 370 g/mol. The SMILES string of the molecule is O=C1OC(c2cccc3ccccc23)=N/C1=C\C=C\c1ccccc1[N+](=O)[O-].